The molecule has 2 atom stereocenters. The van der Waals surface area contributed by atoms with E-state index in [2.05, 4.69) is 10.1 Å². The van der Waals surface area contributed by atoms with Gasteiger partial charge in [0.15, 0.2) is 0 Å². The van der Waals surface area contributed by atoms with E-state index in [1.54, 1.807) is 0 Å². The standard InChI is InChI=1S/C12H24N2O3/c1-7(2)6-9(13)11(15)14-10(8(3)4)12(16)17-5/h7-10H,6,13H2,1-5H3,(H,14,15)/t9-,10+/m1/s1. The fourth-order valence-corrected chi connectivity index (χ4v) is 1.50. The van der Waals surface area contributed by atoms with Gasteiger partial charge >= 0.3 is 5.97 Å². The summed E-state index contributed by atoms with van der Waals surface area (Å²) in [7, 11) is 1.30. The molecule has 0 saturated heterocycles. The second-order valence-electron chi connectivity index (χ2n) is 4.99. The maximum absolute atomic E-state index is 11.8. The minimum Gasteiger partial charge on any atom is -0.467 e. The first-order valence-electron chi connectivity index (χ1n) is 5.93. The van der Waals surface area contributed by atoms with Crippen molar-refractivity contribution < 1.29 is 14.3 Å². The monoisotopic (exact) mass is 244 g/mol. The van der Waals surface area contributed by atoms with Gasteiger partial charge in [0.2, 0.25) is 5.91 Å². The molecule has 0 aromatic carbocycles. The Morgan fingerprint density at radius 2 is 1.76 bits per heavy atom. The van der Waals surface area contributed by atoms with E-state index in [1.807, 2.05) is 27.7 Å². The van der Waals surface area contributed by atoms with Gasteiger partial charge in [0.05, 0.1) is 13.2 Å². The van der Waals surface area contributed by atoms with Gasteiger partial charge in [-0.3, -0.25) is 4.79 Å². The van der Waals surface area contributed by atoms with Gasteiger partial charge in [-0.2, -0.15) is 0 Å². The van der Waals surface area contributed by atoms with Crippen LogP contribution in [0.15, 0.2) is 0 Å². The highest BCUT2D eigenvalue weighted by Crippen LogP contribution is 2.06. The van der Waals surface area contributed by atoms with Gasteiger partial charge in [0.25, 0.3) is 0 Å². The molecule has 100 valence electrons. The first kappa shape index (κ1) is 15.9. The van der Waals surface area contributed by atoms with E-state index in [0.717, 1.165) is 0 Å². The largest absolute Gasteiger partial charge is 0.467 e. The summed E-state index contributed by atoms with van der Waals surface area (Å²) in [4.78, 5) is 23.2. The van der Waals surface area contributed by atoms with Crippen LogP contribution in [0.4, 0.5) is 0 Å². The SMILES string of the molecule is COC(=O)[C@@H](NC(=O)[C@H](N)CC(C)C)C(C)C. The summed E-state index contributed by atoms with van der Waals surface area (Å²) < 4.78 is 4.64. The summed E-state index contributed by atoms with van der Waals surface area (Å²) in [5.41, 5.74) is 5.74. The molecule has 3 N–H and O–H groups in total. The molecule has 0 aromatic heterocycles. The first-order chi connectivity index (χ1) is 7.79. The average molecular weight is 244 g/mol. The molecule has 0 radical (unpaired) electrons. The van der Waals surface area contributed by atoms with Crippen molar-refractivity contribution in [3.05, 3.63) is 0 Å². The number of hydrogen-bond acceptors (Lipinski definition) is 4. The molecule has 5 heteroatoms. The van der Waals surface area contributed by atoms with Gasteiger partial charge in [-0.05, 0) is 18.3 Å². The number of nitrogens with one attached hydrogen (secondary N) is 1. The van der Waals surface area contributed by atoms with Crippen LogP contribution in [0.3, 0.4) is 0 Å². The van der Waals surface area contributed by atoms with Crippen molar-refractivity contribution >= 4 is 11.9 Å². The summed E-state index contributed by atoms with van der Waals surface area (Å²) in [5, 5.41) is 2.63. The molecule has 0 unspecified atom stereocenters. The lowest BCUT2D eigenvalue weighted by Crippen LogP contribution is -2.51. The average Bonchev–Trinajstić information content (AvgIpc) is 2.22. The molecule has 0 aliphatic heterocycles. The van der Waals surface area contributed by atoms with E-state index in [9.17, 15) is 9.59 Å². The number of esters is 1. The Balaban J connectivity index is 4.45. The third-order valence-corrected chi connectivity index (χ3v) is 2.48. The third-order valence-electron chi connectivity index (χ3n) is 2.48. The third kappa shape index (κ3) is 5.68. The van der Waals surface area contributed by atoms with E-state index in [1.165, 1.54) is 7.11 Å². The number of carbonyl (C=O) groups excluding carboxylic acids is 2. The quantitative estimate of drug-likeness (QED) is 0.673. The molecule has 1 amide bonds. The molecule has 17 heavy (non-hydrogen) atoms. The Morgan fingerprint density at radius 1 is 1.24 bits per heavy atom. The number of amides is 1. The van der Waals surface area contributed by atoms with Crippen molar-refractivity contribution in [2.45, 2.75) is 46.2 Å². The van der Waals surface area contributed by atoms with Crippen LogP contribution in [0.2, 0.25) is 0 Å². The fourth-order valence-electron chi connectivity index (χ4n) is 1.50. The van der Waals surface area contributed by atoms with E-state index >= 15 is 0 Å². The molecule has 5 nitrogen and oxygen atoms in total. The van der Waals surface area contributed by atoms with Crippen LogP contribution in [0.1, 0.15) is 34.1 Å². The Morgan fingerprint density at radius 3 is 2.12 bits per heavy atom. The van der Waals surface area contributed by atoms with Gasteiger partial charge in [-0.1, -0.05) is 27.7 Å². The molecule has 0 aromatic rings. The first-order valence-corrected chi connectivity index (χ1v) is 5.93. The molecule has 0 bridgehead atoms. The molecule has 0 aliphatic rings. The van der Waals surface area contributed by atoms with E-state index < -0.39 is 18.1 Å². The Bertz CT molecular complexity index is 264. The Labute approximate surface area is 103 Å². The second kappa shape index (κ2) is 7.27. The van der Waals surface area contributed by atoms with Crippen LogP contribution < -0.4 is 11.1 Å². The second-order valence-corrected chi connectivity index (χ2v) is 4.99. The molecular formula is C12H24N2O3. The number of hydrogen-bond donors (Lipinski definition) is 2. The van der Waals surface area contributed by atoms with Gasteiger partial charge in [-0.25, -0.2) is 4.79 Å². The Hall–Kier alpha value is -1.10. The number of nitrogens with two attached hydrogens (primary N) is 1. The predicted molar refractivity (Wildman–Crippen MR) is 66.2 cm³/mol. The summed E-state index contributed by atoms with van der Waals surface area (Å²) >= 11 is 0. The molecule has 0 spiro atoms. The van der Waals surface area contributed by atoms with Gasteiger partial charge in [-0.15, -0.1) is 0 Å². The lowest BCUT2D eigenvalue weighted by Gasteiger charge is -2.22. The maximum Gasteiger partial charge on any atom is 0.328 e. The Kier molecular flexibility index (Phi) is 6.80. The number of ether oxygens (including phenoxy) is 1. The molecule has 0 aliphatic carbocycles. The van der Waals surface area contributed by atoms with Crippen molar-refractivity contribution in [3.8, 4) is 0 Å². The van der Waals surface area contributed by atoms with Gasteiger partial charge in [0.1, 0.15) is 6.04 Å². The number of rotatable bonds is 6. The van der Waals surface area contributed by atoms with Crippen molar-refractivity contribution in [3.63, 3.8) is 0 Å². The normalized spacial score (nSPS) is 14.6. The maximum atomic E-state index is 11.8. The van der Waals surface area contributed by atoms with Gasteiger partial charge in [0, 0.05) is 0 Å². The van der Waals surface area contributed by atoms with Crippen LogP contribution in [-0.4, -0.2) is 31.1 Å². The summed E-state index contributed by atoms with van der Waals surface area (Å²) in [6, 6.07) is -1.22. The highest BCUT2D eigenvalue weighted by Gasteiger charge is 2.27. The van der Waals surface area contributed by atoms with Crippen molar-refractivity contribution in [1.29, 1.82) is 0 Å². The number of carbonyl (C=O) groups is 2. The van der Waals surface area contributed by atoms with E-state index in [-0.39, 0.29) is 11.8 Å². The summed E-state index contributed by atoms with van der Waals surface area (Å²) in [5.74, 6) is -0.433. The van der Waals surface area contributed by atoms with Crippen LogP contribution in [0.25, 0.3) is 0 Å². The van der Waals surface area contributed by atoms with E-state index in [4.69, 9.17) is 5.73 Å². The molecule has 0 rings (SSSR count). The zero-order valence-electron chi connectivity index (χ0n) is 11.3. The minimum absolute atomic E-state index is 0.0300. The van der Waals surface area contributed by atoms with Crippen LogP contribution in [0.5, 0.6) is 0 Å². The topological polar surface area (TPSA) is 81.4 Å². The van der Waals surface area contributed by atoms with Crippen LogP contribution >= 0.6 is 0 Å². The highest BCUT2D eigenvalue weighted by molar-refractivity contribution is 5.87. The lowest BCUT2D eigenvalue weighted by atomic mass is 10.0. The van der Waals surface area contributed by atoms with Gasteiger partial charge < -0.3 is 15.8 Å². The van der Waals surface area contributed by atoms with Crippen LogP contribution in [-0.2, 0) is 14.3 Å². The minimum atomic E-state index is -0.634. The molecule has 0 fully saturated rings. The zero-order chi connectivity index (χ0) is 13.6. The fraction of sp³-hybridized carbons (Fsp3) is 0.833. The molecule has 0 saturated carbocycles. The van der Waals surface area contributed by atoms with Crippen molar-refractivity contribution in [1.82, 2.24) is 5.32 Å². The smallest absolute Gasteiger partial charge is 0.328 e. The lowest BCUT2D eigenvalue weighted by molar-refractivity contribution is -0.146. The summed E-state index contributed by atoms with van der Waals surface area (Å²) in [6.07, 6.45) is 0.595. The predicted octanol–water partition coefficient (Wildman–Crippen LogP) is 0.674. The highest BCUT2D eigenvalue weighted by atomic mass is 16.5. The number of methoxy groups -OCH3 is 1. The van der Waals surface area contributed by atoms with Crippen LogP contribution in [0, 0.1) is 11.8 Å². The molecular weight excluding hydrogens is 220 g/mol. The van der Waals surface area contributed by atoms with Crippen molar-refractivity contribution in [2.75, 3.05) is 7.11 Å². The van der Waals surface area contributed by atoms with E-state index in [0.29, 0.717) is 12.3 Å². The molecule has 0 heterocycles. The van der Waals surface area contributed by atoms with Crippen molar-refractivity contribution in [2.24, 2.45) is 17.6 Å². The summed E-state index contributed by atoms with van der Waals surface area (Å²) in [6.45, 7) is 7.67. The zero-order valence-corrected chi connectivity index (χ0v) is 11.3.